The molecular weight excluding hydrogens is 304 g/mol. The molecule has 1 aliphatic heterocycles. The number of nitrogens with one attached hydrogen (secondary N) is 1. The number of aryl methyl sites for hydroxylation is 2. The number of hydrogen-bond acceptors (Lipinski definition) is 4. The molecule has 2 heterocycles. The van der Waals surface area contributed by atoms with Gasteiger partial charge in [-0.1, -0.05) is 6.42 Å². The number of carbonyl (C=O) groups excluding carboxylic acids is 1. The zero-order chi connectivity index (χ0) is 16.4. The van der Waals surface area contributed by atoms with Gasteiger partial charge in [-0.25, -0.2) is 0 Å². The highest BCUT2D eigenvalue weighted by Gasteiger charge is 2.18. The first kappa shape index (κ1) is 15.7. The minimum Gasteiger partial charge on any atom is -0.461 e. The van der Waals surface area contributed by atoms with Crippen LogP contribution in [0.15, 0.2) is 22.6 Å². The van der Waals surface area contributed by atoms with Gasteiger partial charge in [0.2, 0.25) is 5.91 Å². The highest BCUT2D eigenvalue weighted by molar-refractivity contribution is 5.95. The zero-order valence-corrected chi connectivity index (χ0v) is 14.0. The molecule has 0 radical (unpaired) electrons. The minimum atomic E-state index is 0.0332. The Morgan fingerprint density at radius 3 is 2.83 bits per heavy atom. The molecule has 1 saturated heterocycles. The van der Waals surface area contributed by atoms with Crippen molar-refractivity contribution >= 4 is 22.6 Å². The van der Waals surface area contributed by atoms with Gasteiger partial charge in [-0.05, 0) is 37.5 Å². The Labute approximate surface area is 141 Å². The normalized spacial score (nSPS) is 19.0. The molecule has 0 atom stereocenters. The van der Waals surface area contributed by atoms with Gasteiger partial charge in [-0.2, -0.15) is 0 Å². The molecule has 5 nitrogen and oxygen atoms in total. The van der Waals surface area contributed by atoms with Crippen LogP contribution in [0.2, 0.25) is 0 Å². The second-order valence-electron chi connectivity index (χ2n) is 6.71. The van der Waals surface area contributed by atoms with Gasteiger partial charge in [0.25, 0.3) is 0 Å². The summed E-state index contributed by atoms with van der Waals surface area (Å²) in [6.07, 6.45) is 5.79. The number of furan rings is 1. The van der Waals surface area contributed by atoms with E-state index in [1.54, 1.807) is 0 Å². The lowest BCUT2D eigenvalue weighted by molar-refractivity contribution is -0.118. The Balaban J connectivity index is 1.49. The van der Waals surface area contributed by atoms with Gasteiger partial charge >= 0.3 is 0 Å². The number of morpholine rings is 1. The van der Waals surface area contributed by atoms with E-state index in [9.17, 15) is 4.79 Å². The van der Waals surface area contributed by atoms with Crippen LogP contribution in [0.4, 0.5) is 5.69 Å². The van der Waals surface area contributed by atoms with Crippen LogP contribution in [0.5, 0.6) is 0 Å². The maximum atomic E-state index is 12.3. The Kier molecular flexibility index (Phi) is 4.54. The van der Waals surface area contributed by atoms with Crippen molar-refractivity contribution < 1.29 is 13.9 Å². The first-order valence-corrected chi connectivity index (χ1v) is 8.94. The van der Waals surface area contributed by atoms with Crippen LogP contribution in [0.1, 0.15) is 30.6 Å². The summed E-state index contributed by atoms with van der Waals surface area (Å²) < 4.78 is 11.3. The number of ether oxygens (including phenoxy) is 1. The van der Waals surface area contributed by atoms with Crippen LogP contribution in [0.25, 0.3) is 11.0 Å². The fourth-order valence-corrected chi connectivity index (χ4v) is 3.68. The summed E-state index contributed by atoms with van der Waals surface area (Å²) in [6.45, 7) is 3.48. The van der Waals surface area contributed by atoms with Crippen molar-refractivity contribution in [1.82, 2.24) is 4.90 Å². The molecule has 1 amide bonds. The van der Waals surface area contributed by atoms with E-state index in [4.69, 9.17) is 9.15 Å². The molecule has 4 rings (SSSR count). The third-order valence-electron chi connectivity index (χ3n) is 4.96. The first-order chi connectivity index (χ1) is 11.8. The van der Waals surface area contributed by atoms with E-state index in [0.29, 0.717) is 19.8 Å². The van der Waals surface area contributed by atoms with Crippen LogP contribution in [-0.4, -0.2) is 43.7 Å². The van der Waals surface area contributed by atoms with E-state index in [-0.39, 0.29) is 5.91 Å². The van der Waals surface area contributed by atoms with Gasteiger partial charge in [0.1, 0.15) is 11.3 Å². The Morgan fingerprint density at radius 1 is 1.12 bits per heavy atom. The van der Waals surface area contributed by atoms with Gasteiger partial charge in [-0.3, -0.25) is 9.69 Å². The van der Waals surface area contributed by atoms with Crippen molar-refractivity contribution in [3.8, 4) is 0 Å². The Morgan fingerprint density at radius 2 is 1.96 bits per heavy atom. The molecule has 24 heavy (non-hydrogen) atoms. The van der Waals surface area contributed by atoms with Gasteiger partial charge in [0, 0.05) is 36.1 Å². The quantitative estimate of drug-likeness (QED) is 0.880. The monoisotopic (exact) mass is 328 g/mol. The van der Waals surface area contributed by atoms with Crippen LogP contribution in [-0.2, 0) is 22.4 Å². The number of carbonyl (C=O) groups is 1. The summed E-state index contributed by atoms with van der Waals surface area (Å²) in [4.78, 5) is 14.4. The average Bonchev–Trinajstić information content (AvgIpc) is 2.77. The van der Waals surface area contributed by atoms with E-state index in [0.717, 1.165) is 48.3 Å². The molecule has 1 aromatic carbocycles. The highest BCUT2D eigenvalue weighted by atomic mass is 16.5. The molecule has 0 unspecified atom stereocenters. The molecule has 2 aromatic rings. The molecule has 1 N–H and O–H groups in total. The number of anilines is 1. The summed E-state index contributed by atoms with van der Waals surface area (Å²) >= 11 is 0. The summed E-state index contributed by atoms with van der Waals surface area (Å²) in [6, 6.07) is 5.98. The smallest absolute Gasteiger partial charge is 0.238 e. The van der Waals surface area contributed by atoms with Gasteiger partial charge in [0.05, 0.1) is 19.8 Å². The molecule has 0 saturated carbocycles. The third-order valence-corrected chi connectivity index (χ3v) is 4.96. The predicted molar refractivity (Wildman–Crippen MR) is 93.4 cm³/mol. The molecule has 1 aliphatic carbocycles. The number of benzene rings is 1. The van der Waals surface area contributed by atoms with E-state index >= 15 is 0 Å². The number of fused-ring (bicyclic) bond motifs is 3. The molecule has 0 spiro atoms. The lowest BCUT2D eigenvalue weighted by atomic mass is 10.1. The van der Waals surface area contributed by atoms with Gasteiger partial charge in [0.15, 0.2) is 0 Å². The topological polar surface area (TPSA) is 54.7 Å². The third kappa shape index (κ3) is 3.32. The van der Waals surface area contributed by atoms with Crippen LogP contribution >= 0.6 is 0 Å². The van der Waals surface area contributed by atoms with Crippen molar-refractivity contribution in [2.45, 2.75) is 32.1 Å². The van der Waals surface area contributed by atoms with Gasteiger partial charge < -0.3 is 14.5 Å². The lowest BCUT2D eigenvalue weighted by Gasteiger charge is -2.25. The summed E-state index contributed by atoms with van der Waals surface area (Å²) in [5.41, 5.74) is 3.13. The Hall–Kier alpha value is -1.85. The minimum absolute atomic E-state index is 0.0332. The van der Waals surface area contributed by atoms with E-state index in [1.165, 1.54) is 24.8 Å². The lowest BCUT2D eigenvalue weighted by Crippen LogP contribution is -2.41. The molecule has 0 bridgehead atoms. The maximum absolute atomic E-state index is 12.3. The second kappa shape index (κ2) is 6.95. The van der Waals surface area contributed by atoms with Crippen molar-refractivity contribution in [1.29, 1.82) is 0 Å². The standard InChI is InChI=1S/C19H24N2O3/c22-19(13-21-8-10-23-11-9-21)20-14-6-7-18-16(12-14)15-4-2-1-3-5-17(15)24-18/h6-7,12H,1-5,8-11,13H2,(H,20,22). The first-order valence-electron chi connectivity index (χ1n) is 8.94. The molecule has 1 aromatic heterocycles. The van der Waals surface area contributed by atoms with Crippen molar-refractivity contribution in [2.75, 3.05) is 38.2 Å². The summed E-state index contributed by atoms with van der Waals surface area (Å²) in [7, 11) is 0. The predicted octanol–water partition coefficient (Wildman–Crippen LogP) is 2.97. The molecule has 1 fully saturated rings. The van der Waals surface area contributed by atoms with E-state index in [1.807, 2.05) is 12.1 Å². The van der Waals surface area contributed by atoms with E-state index in [2.05, 4.69) is 16.3 Å². The Bertz CT molecular complexity index is 732. The number of hydrogen-bond donors (Lipinski definition) is 1. The summed E-state index contributed by atoms with van der Waals surface area (Å²) in [5, 5.41) is 4.19. The van der Waals surface area contributed by atoms with E-state index < -0.39 is 0 Å². The van der Waals surface area contributed by atoms with Crippen LogP contribution in [0.3, 0.4) is 0 Å². The van der Waals surface area contributed by atoms with Crippen molar-refractivity contribution in [2.24, 2.45) is 0 Å². The largest absolute Gasteiger partial charge is 0.461 e. The zero-order valence-electron chi connectivity index (χ0n) is 14.0. The maximum Gasteiger partial charge on any atom is 0.238 e. The van der Waals surface area contributed by atoms with Crippen molar-refractivity contribution in [3.05, 3.63) is 29.5 Å². The number of nitrogens with zero attached hydrogens (tertiary/aromatic N) is 1. The fraction of sp³-hybridized carbons (Fsp3) is 0.526. The van der Waals surface area contributed by atoms with Gasteiger partial charge in [-0.15, -0.1) is 0 Å². The van der Waals surface area contributed by atoms with Crippen LogP contribution < -0.4 is 5.32 Å². The SMILES string of the molecule is O=C(CN1CCOCC1)Nc1ccc2oc3c(c2c1)CCCCC3. The van der Waals surface area contributed by atoms with Crippen molar-refractivity contribution in [3.63, 3.8) is 0 Å². The average molecular weight is 328 g/mol. The number of rotatable bonds is 3. The molecule has 128 valence electrons. The highest BCUT2D eigenvalue weighted by Crippen LogP contribution is 2.32. The molecular formula is C19H24N2O3. The number of amides is 1. The summed E-state index contributed by atoms with van der Waals surface area (Å²) in [5.74, 6) is 1.17. The molecule has 5 heteroatoms. The molecule has 2 aliphatic rings. The second-order valence-corrected chi connectivity index (χ2v) is 6.71. The van der Waals surface area contributed by atoms with Crippen LogP contribution in [0, 0.1) is 0 Å². The fourth-order valence-electron chi connectivity index (χ4n) is 3.68.